The third-order valence-corrected chi connectivity index (χ3v) is 4.72. The van der Waals surface area contributed by atoms with Crippen LogP contribution in [0.1, 0.15) is 97.3 Å². The molecule has 1 aliphatic rings. The minimum atomic E-state index is 1.01. The van der Waals surface area contributed by atoms with Gasteiger partial charge in [-0.05, 0) is 11.8 Å². The molecule has 0 aliphatic heterocycles. The SMILES string of the molecule is CCCCCCCCCCC(C)C1CCCC1. The van der Waals surface area contributed by atoms with Gasteiger partial charge < -0.3 is 0 Å². The highest BCUT2D eigenvalue weighted by Gasteiger charge is 2.20. The summed E-state index contributed by atoms with van der Waals surface area (Å²) in [6.07, 6.45) is 19.3. The lowest BCUT2D eigenvalue weighted by molar-refractivity contribution is 0.333. The molecule has 1 atom stereocenters. The van der Waals surface area contributed by atoms with E-state index in [-0.39, 0.29) is 0 Å². The molecule has 0 heteroatoms. The highest BCUT2D eigenvalue weighted by atomic mass is 14.3. The van der Waals surface area contributed by atoms with Crippen LogP contribution in [-0.4, -0.2) is 0 Å². The lowest BCUT2D eigenvalue weighted by Gasteiger charge is -2.18. The number of unbranched alkanes of at least 4 members (excludes halogenated alkanes) is 7. The predicted octanol–water partition coefficient (Wildman–Crippen LogP) is 6.34. The first-order chi connectivity index (χ1) is 8.34. The quantitative estimate of drug-likeness (QED) is 0.389. The normalized spacial score (nSPS) is 18.7. The number of rotatable bonds is 10. The Morgan fingerprint density at radius 1 is 0.824 bits per heavy atom. The Morgan fingerprint density at radius 2 is 1.35 bits per heavy atom. The summed E-state index contributed by atoms with van der Waals surface area (Å²) in [6.45, 7) is 4.79. The molecule has 0 heterocycles. The van der Waals surface area contributed by atoms with E-state index in [4.69, 9.17) is 0 Å². The Balaban J connectivity index is 1.83. The molecule has 0 aromatic heterocycles. The summed E-state index contributed by atoms with van der Waals surface area (Å²) in [5.74, 6) is 2.09. The van der Waals surface area contributed by atoms with Gasteiger partial charge in [0.05, 0.1) is 0 Å². The van der Waals surface area contributed by atoms with Crippen molar-refractivity contribution in [3.8, 4) is 0 Å². The van der Waals surface area contributed by atoms with Crippen LogP contribution in [0.2, 0.25) is 0 Å². The van der Waals surface area contributed by atoms with Crippen molar-refractivity contribution in [2.45, 2.75) is 97.3 Å². The van der Waals surface area contributed by atoms with Crippen LogP contribution >= 0.6 is 0 Å². The summed E-state index contributed by atoms with van der Waals surface area (Å²) in [6, 6.07) is 0. The van der Waals surface area contributed by atoms with E-state index in [9.17, 15) is 0 Å². The van der Waals surface area contributed by atoms with E-state index >= 15 is 0 Å². The molecule has 1 saturated carbocycles. The average Bonchev–Trinajstić information content (AvgIpc) is 2.86. The van der Waals surface area contributed by atoms with Crippen LogP contribution in [0.4, 0.5) is 0 Å². The Labute approximate surface area is 110 Å². The molecular weight excluding hydrogens is 204 g/mol. The summed E-state index contributed by atoms with van der Waals surface area (Å²) in [7, 11) is 0. The van der Waals surface area contributed by atoms with Crippen molar-refractivity contribution in [2.24, 2.45) is 11.8 Å². The molecule has 0 radical (unpaired) electrons. The van der Waals surface area contributed by atoms with Crippen LogP contribution in [0.15, 0.2) is 0 Å². The van der Waals surface area contributed by atoms with E-state index in [0.29, 0.717) is 0 Å². The lowest BCUT2D eigenvalue weighted by atomic mass is 9.88. The van der Waals surface area contributed by atoms with Gasteiger partial charge in [0.1, 0.15) is 0 Å². The first-order valence-corrected chi connectivity index (χ1v) is 8.34. The van der Waals surface area contributed by atoms with Gasteiger partial charge >= 0.3 is 0 Å². The fourth-order valence-corrected chi connectivity index (χ4v) is 3.36. The Kier molecular flexibility index (Phi) is 8.83. The van der Waals surface area contributed by atoms with E-state index < -0.39 is 0 Å². The molecule has 1 aliphatic carbocycles. The van der Waals surface area contributed by atoms with Crippen molar-refractivity contribution in [3.63, 3.8) is 0 Å². The predicted molar refractivity (Wildman–Crippen MR) is 78.3 cm³/mol. The fourth-order valence-electron chi connectivity index (χ4n) is 3.36. The smallest absolute Gasteiger partial charge is 0.0388 e. The van der Waals surface area contributed by atoms with Crippen LogP contribution in [0, 0.1) is 11.8 Å². The monoisotopic (exact) mass is 238 g/mol. The molecule has 0 amide bonds. The second-order valence-corrected chi connectivity index (χ2v) is 6.29. The van der Waals surface area contributed by atoms with Crippen LogP contribution in [-0.2, 0) is 0 Å². The third kappa shape index (κ3) is 7.11. The summed E-state index contributed by atoms with van der Waals surface area (Å²) < 4.78 is 0. The summed E-state index contributed by atoms with van der Waals surface area (Å²) >= 11 is 0. The van der Waals surface area contributed by atoms with Gasteiger partial charge in [-0.2, -0.15) is 0 Å². The molecule has 0 spiro atoms. The zero-order chi connectivity index (χ0) is 12.3. The molecule has 0 aromatic carbocycles. The first-order valence-electron chi connectivity index (χ1n) is 8.34. The molecule has 1 rings (SSSR count). The van der Waals surface area contributed by atoms with E-state index in [1.54, 1.807) is 0 Å². The molecule has 1 fully saturated rings. The van der Waals surface area contributed by atoms with Crippen LogP contribution in [0.3, 0.4) is 0 Å². The summed E-state index contributed by atoms with van der Waals surface area (Å²) in [5.41, 5.74) is 0. The molecule has 0 aromatic rings. The van der Waals surface area contributed by atoms with Crippen LogP contribution in [0.5, 0.6) is 0 Å². The van der Waals surface area contributed by atoms with E-state index in [1.807, 2.05) is 0 Å². The topological polar surface area (TPSA) is 0 Å². The Morgan fingerprint density at radius 3 is 1.94 bits per heavy atom. The lowest BCUT2D eigenvalue weighted by Crippen LogP contribution is -2.07. The van der Waals surface area contributed by atoms with Crippen LogP contribution in [0.25, 0.3) is 0 Å². The molecule has 0 bridgehead atoms. The maximum Gasteiger partial charge on any atom is -0.0388 e. The van der Waals surface area contributed by atoms with Crippen LogP contribution < -0.4 is 0 Å². The zero-order valence-electron chi connectivity index (χ0n) is 12.3. The van der Waals surface area contributed by atoms with Gasteiger partial charge in [-0.15, -0.1) is 0 Å². The summed E-state index contributed by atoms with van der Waals surface area (Å²) in [5, 5.41) is 0. The standard InChI is InChI=1S/C17H34/c1-3-4-5-6-7-8-9-10-13-16(2)17-14-11-12-15-17/h16-17H,3-15H2,1-2H3. The molecule has 17 heavy (non-hydrogen) atoms. The number of hydrogen-bond acceptors (Lipinski definition) is 0. The minimum absolute atomic E-state index is 1.01. The van der Waals surface area contributed by atoms with Crippen molar-refractivity contribution in [1.29, 1.82) is 0 Å². The van der Waals surface area contributed by atoms with Crippen molar-refractivity contribution in [1.82, 2.24) is 0 Å². The van der Waals surface area contributed by atoms with E-state index in [1.165, 1.54) is 83.5 Å². The van der Waals surface area contributed by atoms with E-state index in [0.717, 1.165) is 11.8 Å². The molecule has 0 saturated heterocycles. The fraction of sp³-hybridized carbons (Fsp3) is 1.00. The van der Waals surface area contributed by atoms with Gasteiger partial charge in [0.15, 0.2) is 0 Å². The minimum Gasteiger partial charge on any atom is -0.0654 e. The zero-order valence-corrected chi connectivity index (χ0v) is 12.3. The van der Waals surface area contributed by atoms with E-state index in [2.05, 4.69) is 13.8 Å². The van der Waals surface area contributed by atoms with Gasteiger partial charge in [-0.1, -0.05) is 97.3 Å². The molecule has 1 unspecified atom stereocenters. The van der Waals surface area contributed by atoms with Gasteiger partial charge in [0.2, 0.25) is 0 Å². The van der Waals surface area contributed by atoms with Gasteiger partial charge in [0, 0.05) is 0 Å². The third-order valence-electron chi connectivity index (χ3n) is 4.72. The van der Waals surface area contributed by atoms with Gasteiger partial charge in [-0.25, -0.2) is 0 Å². The largest absolute Gasteiger partial charge is 0.0654 e. The molecule has 0 N–H and O–H groups in total. The highest BCUT2D eigenvalue weighted by molar-refractivity contribution is 4.72. The second kappa shape index (κ2) is 9.97. The van der Waals surface area contributed by atoms with Crippen molar-refractivity contribution in [2.75, 3.05) is 0 Å². The first kappa shape index (κ1) is 15.1. The summed E-state index contributed by atoms with van der Waals surface area (Å²) in [4.78, 5) is 0. The maximum absolute atomic E-state index is 2.50. The van der Waals surface area contributed by atoms with Gasteiger partial charge in [0.25, 0.3) is 0 Å². The average molecular weight is 238 g/mol. The highest BCUT2D eigenvalue weighted by Crippen LogP contribution is 2.33. The van der Waals surface area contributed by atoms with Gasteiger partial charge in [-0.3, -0.25) is 0 Å². The number of hydrogen-bond donors (Lipinski definition) is 0. The van der Waals surface area contributed by atoms with Crippen molar-refractivity contribution in [3.05, 3.63) is 0 Å². The maximum atomic E-state index is 2.50. The van der Waals surface area contributed by atoms with Crippen molar-refractivity contribution >= 4 is 0 Å². The second-order valence-electron chi connectivity index (χ2n) is 6.29. The Bertz CT molecular complexity index is 155. The molecular formula is C17H34. The molecule has 102 valence electrons. The Hall–Kier alpha value is 0. The molecule has 0 nitrogen and oxygen atoms in total. The van der Waals surface area contributed by atoms with Crippen molar-refractivity contribution < 1.29 is 0 Å².